The third kappa shape index (κ3) is 7.14. The quantitative estimate of drug-likeness (QED) is 0.271. The molecule has 50 heavy (non-hydrogen) atoms. The van der Waals surface area contributed by atoms with Gasteiger partial charge in [-0.15, -0.1) is 0 Å². The number of benzene rings is 1. The molecule has 266 valence electrons. The minimum atomic E-state index is -4.65. The van der Waals surface area contributed by atoms with Crippen LogP contribution in [0.15, 0.2) is 35.5 Å². The van der Waals surface area contributed by atoms with Gasteiger partial charge < -0.3 is 24.8 Å². The number of fused-ring (bicyclic) bond motifs is 1. The zero-order valence-corrected chi connectivity index (χ0v) is 28.7. The number of nitrogens with one attached hydrogen (secondary N) is 1. The van der Waals surface area contributed by atoms with Gasteiger partial charge in [0.25, 0.3) is 5.91 Å². The molecule has 0 spiro atoms. The van der Waals surface area contributed by atoms with Gasteiger partial charge >= 0.3 is 6.18 Å². The van der Waals surface area contributed by atoms with Crippen LogP contribution in [0, 0.1) is 6.92 Å². The molecule has 1 aromatic carbocycles. The summed E-state index contributed by atoms with van der Waals surface area (Å²) < 4.78 is 66.3. The van der Waals surface area contributed by atoms with Crippen molar-refractivity contribution in [1.29, 1.82) is 0 Å². The SMILES string of the molecule is CCc1c(N2CCN(C(=O)c3ncnc(C)c3O)CC2)c(=O)c2nc(N(C)S(C)(=O)=O)cnc2n1CC(=O)Nc1ccc(C(F)(F)F)cc1Cl. The number of piperazine rings is 1. The Bertz CT molecular complexity index is 2170. The summed E-state index contributed by atoms with van der Waals surface area (Å²) in [6, 6.07) is 2.48. The molecule has 0 bridgehead atoms. The van der Waals surface area contributed by atoms with E-state index in [1.54, 1.807) is 11.8 Å². The van der Waals surface area contributed by atoms with Crippen LogP contribution in [-0.2, 0) is 34.0 Å². The number of sulfonamides is 1. The second kappa shape index (κ2) is 13.7. The fourth-order valence-electron chi connectivity index (χ4n) is 5.43. The first-order valence-corrected chi connectivity index (χ1v) is 17.2. The molecule has 2 N–H and O–H groups in total. The van der Waals surface area contributed by atoms with Gasteiger partial charge in [0.1, 0.15) is 18.6 Å². The Hall–Kier alpha value is -5.04. The van der Waals surface area contributed by atoms with Crippen molar-refractivity contribution in [2.45, 2.75) is 33.0 Å². The first-order chi connectivity index (χ1) is 23.4. The van der Waals surface area contributed by atoms with E-state index >= 15 is 0 Å². The third-order valence-electron chi connectivity index (χ3n) is 8.14. The zero-order valence-electron chi connectivity index (χ0n) is 27.1. The Balaban J connectivity index is 1.54. The fourth-order valence-corrected chi connectivity index (χ4v) is 6.09. The van der Waals surface area contributed by atoms with Crippen molar-refractivity contribution >= 4 is 61.8 Å². The average molecular weight is 738 g/mol. The first kappa shape index (κ1) is 36.2. The van der Waals surface area contributed by atoms with Gasteiger partial charge in [0.15, 0.2) is 28.4 Å². The standard InChI is InChI=1S/C30H31ClF3N9O6S/c1-5-20-25(41-8-10-42(11-9-41)29(47)24-26(45)16(2)36-15-37-24)27(46)23-28(35-13-21(39-23)40(3)50(4,48)49)43(20)14-22(44)38-19-7-6-17(12-18(19)31)30(32,33)34/h6-7,12-13,15,45H,5,8-11,14H2,1-4H3,(H,38,44). The molecular formula is C30H31ClF3N9O6S. The predicted octanol–water partition coefficient (Wildman–Crippen LogP) is 2.83. The van der Waals surface area contributed by atoms with Gasteiger partial charge in [-0.25, -0.2) is 28.4 Å². The number of hydrogen-bond acceptors (Lipinski definition) is 11. The molecule has 1 aliphatic heterocycles. The van der Waals surface area contributed by atoms with E-state index in [-0.39, 0.29) is 83.1 Å². The van der Waals surface area contributed by atoms with Crippen LogP contribution in [0.3, 0.4) is 0 Å². The monoisotopic (exact) mass is 737 g/mol. The van der Waals surface area contributed by atoms with Crippen LogP contribution in [0.4, 0.5) is 30.4 Å². The maximum absolute atomic E-state index is 14.2. The highest BCUT2D eigenvalue weighted by atomic mass is 35.5. The van der Waals surface area contributed by atoms with Crippen molar-refractivity contribution in [2.24, 2.45) is 0 Å². The van der Waals surface area contributed by atoms with E-state index < -0.39 is 45.6 Å². The maximum Gasteiger partial charge on any atom is 0.416 e. The van der Waals surface area contributed by atoms with Crippen molar-refractivity contribution < 1.29 is 36.3 Å². The predicted molar refractivity (Wildman–Crippen MR) is 178 cm³/mol. The van der Waals surface area contributed by atoms with Crippen molar-refractivity contribution in [1.82, 2.24) is 29.4 Å². The van der Waals surface area contributed by atoms with Crippen LogP contribution in [0.5, 0.6) is 5.75 Å². The number of carbonyl (C=O) groups is 2. The van der Waals surface area contributed by atoms with E-state index in [2.05, 4.69) is 25.3 Å². The summed E-state index contributed by atoms with van der Waals surface area (Å²) in [6.07, 6.45) is -1.19. The highest BCUT2D eigenvalue weighted by Gasteiger charge is 2.32. The summed E-state index contributed by atoms with van der Waals surface area (Å²) in [5, 5.41) is 12.5. The molecule has 1 aliphatic rings. The number of aromatic nitrogens is 5. The highest BCUT2D eigenvalue weighted by Crippen LogP contribution is 2.34. The maximum atomic E-state index is 14.2. The summed E-state index contributed by atoms with van der Waals surface area (Å²) in [6.45, 7) is 3.33. The first-order valence-electron chi connectivity index (χ1n) is 15.0. The lowest BCUT2D eigenvalue weighted by Crippen LogP contribution is -2.50. The van der Waals surface area contributed by atoms with Gasteiger partial charge in [-0.05, 0) is 31.5 Å². The molecule has 0 atom stereocenters. The number of carbonyl (C=O) groups excluding carboxylic acids is 2. The second-order valence-corrected chi connectivity index (χ2v) is 13.8. The molecule has 0 saturated carbocycles. The lowest BCUT2D eigenvalue weighted by molar-refractivity contribution is -0.137. The molecule has 15 nitrogen and oxygen atoms in total. The molecule has 2 amide bonds. The van der Waals surface area contributed by atoms with Crippen molar-refractivity contribution in [3.63, 3.8) is 0 Å². The number of hydrogen-bond donors (Lipinski definition) is 2. The molecule has 1 fully saturated rings. The number of alkyl halides is 3. The van der Waals surface area contributed by atoms with E-state index in [1.807, 2.05) is 0 Å². The summed E-state index contributed by atoms with van der Waals surface area (Å²) >= 11 is 6.06. The second-order valence-electron chi connectivity index (χ2n) is 11.4. The van der Waals surface area contributed by atoms with E-state index in [9.17, 15) is 41.1 Å². The minimum Gasteiger partial charge on any atom is -0.504 e. The molecule has 20 heteroatoms. The number of aromatic hydroxyl groups is 1. The van der Waals surface area contributed by atoms with Crippen LogP contribution < -0.4 is 20.0 Å². The number of aryl methyl sites for hydroxylation is 1. The minimum absolute atomic E-state index is 0.0432. The van der Waals surface area contributed by atoms with Crippen LogP contribution in [0.25, 0.3) is 11.2 Å². The number of anilines is 3. The number of amides is 2. The van der Waals surface area contributed by atoms with Crippen LogP contribution >= 0.6 is 11.6 Å². The van der Waals surface area contributed by atoms with E-state index in [4.69, 9.17) is 11.6 Å². The zero-order chi connectivity index (χ0) is 36.7. The van der Waals surface area contributed by atoms with Crippen molar-refractivity contribution in [3.05, 3.63) is 68.6 Å². The van der Waals surface area contributed by atoms with Gasteiger partial charge in [-0.2, -0.15) is 13.2 Å². The number of rotatable bonds is 8. The van der Waals surface area contributed by atoms with Crippen LogP contribution in [0.1, 0.15) is 34.4 Å². The molecule has 4 aromatic rings. The van der Waals surface area contributed by atoms with Gasteiger partial charge in [0.2, 0.25) is 21.4 Å². The Labute approximate surface area is 288 Å². The average Bonchev–Trinajstić information content (AvgIpc) is 3.06. The molecule has 4 heterocycles. The molecule has 0 radical (unpaired) electrons. The lowest BCUT2D eigenvalue weighted by Gasteiger charge is -2.37. The lowest BCUT2D eigenvalue weighted by atomic mass is 10.1. The number of pyridine rings is 1. The Morgan fingerprint density at radius 2 is 1.80 bits per heavy atom. The number of nitrogens with zero attached hydrogens (tertiary/aromatic N) is 8. The Morgan fingerprint density at radius 1 is 1.12 bits per heavy atom. The molecule has 3 aromatic heterocycles. The molecule has 1 saturated heterocycles. The summed E-state index contributed by atoms with van der Waals surface area (Å²) in [7, 11) is -2.57. The van der Waals surface area contributed by atoms with Gasteiger partial charge in [0, 0.05) is 38.9 Å². The summed E-state index contributed by atoms with van der Waals surface area (Å²) in [5.74, 6) is -1.74. The normalized spacial score (nSPS) is 13.8. The van der Waals surface area contributed by atoms with E-state index in [1.165, 1.54) is 29.8 Å². The molecule has 0 aliphatic carbocycles. The largest absolute Gasteiger partial charge is 0.504 e. The van der Waals surface area contributed by atoms with Gasteiger partial charge in [0.05, 0.1) is 34.4 Å². The van der Waals surface area contributed by atoms with Gasteiger partial charge in [-0.3, -0.25) is 18.7 Å². The molecule has 0 unspecified atom stereocenters. The van der Waals surface area contributed by atoms with E-state index in [0.29, 0.717) is 11.8 Å². The van der Waals surface area contributed by atoms with Crippen molar-refractivity contribution in [3.8, 4) is 5.75 Å². The van der Waals surface area contributed by atoms with Crippen molar-refractivity contribution in [2.75, 3.05) is 54.0 Å². The Morgan fingerprint density at radius 3 is 2.40 bits per heavy atom. The summed E-state index contributed by atoms with van der Waals surface area (Å²) in [5.41, 5.74) is -1.39. The highest BCUT2D eigenvalue weighted by molar-refractivity contribution is 7.92. The summed E-state index contributed by atoms with van der Waals surface area (Å²) in [4.78, 5) is 60.4. The third-order valence-corrected chi connectivity index (χ3v) is 9.64. The Kier molecular flexibility index (Phi) is 9.93. The molecular weight excluding hydrogens is 707 g/mol. The van der Waals surface area contributed by atoms with Crippen LogP contribution in [0.2, 0.25) is 5.02 Å². The van der Waals surface area contributed by atoms with Crippen LogP contribution in [-0.4, -0.2) is 94.2 Å². The number of halogens is 4. The smallest absolute Gasteiger partial charge is 0.416 e. The van der Waals surface area contributed by atoms with E-state index in [0.717, 1.165) is 28.9 Å². The topological polar surface area (TPSA) is 184 Å². The van der Waals surface area contributed by atoms with Gasteiger partial charge in [-0.1, -0.05) is 18.5 Å². The fraction of sp³-hybridized carbons (Fsp3) is 0.367. The molecule has 5 rings (SSSR count).